The summed E-state index contributed by atoms with van der Waals surface area (Å²) in [5.41, 5.74) is 6.11. The Morgan fingerprint density at radius 2 is 2.05 bits per heavy atom. The molecular formula is C14H22N2O4. The van der Waals surface area contributed by atoms with Crippen LogP contribution in [0, 0.1) is 16.0 Å². The molecule has 6 nitrogen and oxygen atoms in total. The summed E-state index contributed by atoms with van der Waals surface area (Å²) in [4.78, 5) is 10.5. The Bertz CT molecular complexity index is 435. The maximum absolute atomic E-state index is 11.0. The van der Waals surface area contributed by atoms with Crippen molar-refractivity contribution >= 4 is 5.69 Å². The Labute approximate surface area is 119 Å². The van der Waals surface area contributed by atoms with Crippen LogP contribution in [0.3, 0.4) is 0 Å². The summed E-state index contributed by atoms with van der Waals surface area (Å²) in [6.45, 7) is 5.91. The maximum Gasteiger partial charge on any atom is 0.311 e. The lowest BCUT2D eigenvalue weighted by atomic mass is 10.1. The number of hydrogen-bond acceptors (Lipinski definition) is 5. The molecule has 0 fully saturated rings. The highest BCUT2D eigenvalue weighted by atomic mass is 16.6. The molecule has 112 valence electrons. The van der Waals surface area contributed by atoms with Crippen LogP contribution in [-0.2, 0) is 11.3 Å². The van der Waals surface area contributed by atoms with E-state index in [1.807, 2.05) is 0 Å². The van der Waals surface area contributed by atoms with Gasteiger partial charge in [0.1, 0.15) is 6.61 Å². The molecule has 0 unspecified atom stereocenters. The van der Waals surface area contributed by atoms with Gasteiger partial charge in [-0.2, -0.15) is 0 Å². The van der Waals surface area contributed by atoms with E-state index in [2.05, 4.69) is 13.8 Å². The Hall–Kier alpha value is -1.66. The highest BCUT2D eigenvalue weighted by Gasteiger charge is 2.15. The van der Waals surface area contributed by atoms with E-state index in [0.29, 0.717) is 31.3 Å². The molecular weight excluding hydrogens is 260 g/mol. The van der Waals surface area contributed by atoms with Crippen molar-refractivity contribution < 1.29 is 14.4 Å². The first-order chi connectivity index (χ1) is 9.54. The summed E-state index contributed by atoms with van der Waals surface area (Å²) >= 11 is 0. The van der Waals surface area contributed by atoms with Crippen molar-refractivity contribution in [3.8, 4) is 5.75 Å². The van der Waals surface area contributed by atoms with Crippen LogP contribution >= 0.6 is 0 Å². The number of nitro benzene ring substituents is 1. The second-order valence-corrected chi connectivity index (χ2v) is 4.91. The lowest BCUT2D eigenvalue weighted by Gasteiger charge is -2.09. The molecule has 0 bridgehead atoms. The van der Waals surface area contributed by atoms with Gasteiger partial charge < -0.3 is 15.2 Å². The number of nitrogens with zero attached hydrogens (tertiary/aromatic N) is 1. The van der Waals surface area contributed by atoms with E-state index in [4.69, 9.17) is 15.2 Å². The Morgan fingerprint density at radius 1 is 1.30 bits per heavy atom. The van der Waals surface area contributed by atoms with Crippen molar-refractivity contribution in [3.63, 3.8) is 0 Å². The summed E-state index contributed by atoms with van der Waals surface area (Å²) < 4.78 is 10.8. The van der Waals surface area contributed by atoms with Crippen molar-refractivity contribution in [1.82, 2.24) is 0 Å². The van der Waals surface area contributed by atoms with Crippen molar-refractivity contribution in [2.75, 3.05) is 19.8 Å². The Kier molecular flexibility index (Phi) is 6.97. The quantitative estimate of drug-likeness (QED) is 0.427. The highest BCUT2D eigenvalue weighted by Crippen LogP contribution is 2.27. The molecule has 2 N–H and O–H groups in total. The zero-order chi connectivity index (χ0) is 15.0. The third kappa shape index (κ3) is 5.54. The van der Waals surface area contributed by atoms with E-state index in [1.54, 1.807) is 12.1 Å². The van der Waals surface area contributed by atoms with E-state index >= 15 is 0 Å². The first kappa shape index (κ1) is 16.4. The lowest BCUT2D eigenvalue weighted by Crippen LogP contribution is -2.09. The standard InChI is InChI=1S/C14H22N2O4/c1-11(2)5-6-19-7-8-20-14-4-3-12(10-15)9-13(14)16(17)18/h3-4,9,11H,5-8,10,15H2,1-2H3. The molecule has 1 aromatic rings. The van der Waals surface area contributed by atoms with Crippen molar-refractivity contribution in [2.45, 2.75) is 26.8 Å². The minimum Gasteiger partial charge on any atom is -0.484 e. The fourth-order valence-electron chi connectivity index (χ4n) is 1.59. The van der Waals surface area contributed by atoms with E-state index in [-0.39, 0.29) is 18.0 Å². The number of benzene rings is 1. The summed E-state index contributed by atoms with van der Waals surface area (Å²) in [5, 5.41) is 11.0. The second-order valence-electron chi connectivity index (χ2n) is 4.91. The topological polar surface area (TPSA) is 87.6 Å². The first-order valence-corrected chi connectivity index (χ1v) is 6.72. The van der Waals surface area contributed by atoms with Gasteiger partial charge in [0.25, 0.3) is 0 Å². The van der Waals surface area contributed by atoms with E-state index in [1.165, 1.54) is 6.07 Å². The minimum atomic E-state index is -0.464. The molecule has 6 heteroatoms. The fourth-order valence-corrected chi connectivity index (χ4v) is 1.59. The summed E-state index contributed by atoms with van der Waals surface area (Å²) in [5.74, 6) is 0.848. The summed E-state index contributed by atoms with van der Waals surface area (Å²) in [6.07, 6.45) is 0.991. The Balaban J connectivity index is 2.45. The van der Waals surface area contributed by atoms with Crippen molar-refractivity contribution in [2.24, 2.45) is 11.7 Å². The molecule has 0 aliphatic carbocycles. The van der Waals surface area contributed by atoms with Gasteiger partial charge >= 0.3 is 5.69 Å². The lowest BCUT2D eigenvalue weighted by molar-refractivity contribution is -0.385. The van der Waals surface area contributed by atoms with Crippen LogP contribution in [0.2, 0.25) is 0 Å². The normalized spacial score (nSPS) is 10.8. The zero-order valence-corrected chi connectivity index (χ0v) is 12.0. The smallest absolute Gasteiger partial charge is 0.311 e. The monoisotopic (exact) mass is 282 g/mol. The van der Waals surface area contributed by atoms with Crippen LogP contribution in [0.1, 0.15) is 25.8 Å². The summed E-state index contributed by atoms with van der Waals surface area (Å²) in [6, 6.07) is 4.74. The van der Waals surface area contributed by atoms with Gasteiger partial charge in [-0.3, -0.25) is 10.1 Å². The van der Waals surface area contributed by atoms with Crippen LogP contribution in [0.4, 0.5) is 5.69 Å². The van der Waals surface area contributed by atoms with E-state index in [9.17, 15) is 10.1 Å². The molecule has 0 aromatic heterocycles. The first-order valence-electron chi connectivity index (χ1n) is 6.72. The zero-order valence-electron chi connectivity index (χ0n) is 12.0. The van der Waals surface area contributed by atoms with Gasteiger partial charge in [-0.05, 0) is 24.0 Å². The molecule has 0 atom stereocenters. The van der Waals surface area contributed by atoms with Gasteiger partial charge in [0.2, 0.25) is 0 Å². The SMILES string of the molecule is CC(C)CCOCCOc1ccc(CN)cc1[N+](=O)[O-]. The molecule has 0 saturated carbocycles. The molecule has 1 aromatic carbocycles. The third-order valence-corrected chi connectivity index (χ3v) is 2.78. The predicted molar refractivity (Wildman–Crippen MR) is 76.8 cm³/mol. The molecule has 0 radical (unpaired) electrons. The average Bonchev–Trinajstić information content (AvgIpc) is 2.42. The maximum atomic E-state index is 11.0. The van der Waals surface area contributed by atoms with Crippen molar-refractivity contribution in [1.29, 1.82) is 0 Å². The average molecular weight is 282 g/mol. The second kappa shape index (κ2) is 8.50. The minimum absolute atomic E-state index is 0.0601. The number of ether oxygens (including phenoxy) is 2. The van der Waals surface area contributed by atoms with E-state index in [0.717, 1.165) is 6.42 Å². The molecule has 1 rings (SSSR count). The molecule has 0 aliphatic rings. The molecule has 0 spiro atoms. The van der Waals surface area contributed by atoms with E-state index < -0.39 is 4.92 Å². The number of nitro groups is 1. The fraction of sp³-hybridized carbons (Fsp3) is 0.571. The number of nitrogens with two attached hydrogens (primary N) is 1. The van der Waals surface area contributed by atoms with Gasteiger partial charge in [-0.15, -0.1) is 0 Å². The van der Waals surface area contributed by atoms with Gasteiger partial charge in [0, 0.05) is 19.2 Å². The molecule has 0 heterocycles. The van der Waals surface area contributed by atoms with Gasteiger partial charge in [0.05, 0.1) is 11.5 Å². The third-order valence-electron chi connectivity index (χ3n) is 2.78. The predicted octanol–water partition coefficient (Wildman–Crippen LogP) is 2.50. The molecule has 0 saturated heterocycles. The molecule has 0 amide bonds. The van der Waals surface area contributed by atoms with Gasteiger partial charge in [0.15, 0.2) is 5.75 Å². The van der Waals surface area contributed by atoms with Crippen molar-refractivity contribution in [3.05, 3.63) is 33.9 Å². The van der Waals surface area contributed by atoms with Crippen LogP contribution < -0.4 is 10.5 Å². The molecule has 20 heavy (non-hydrogen) atoms. The number of rotatable bonds is 9. The van der Waals surface area contributed by atoms with Gasteiger partial charge in [-0.25, -0.2) is 0 Å². The van der Waals surface area contributed by atoms with Crippen LogP contribution in [-0.4, -0.2) is 24.7 Å². The highest BCUT2D eigenvalue weighted by molar-refractivity contribution is 5.48. The largest absolute Gasteiger partial charge is 0.484 e. The number of hydrogen-bond donors (Lipinski definition) is 1. The summed E-state index contributed by atoms with van der Waals surface area (Å²) in [7, 11) is 0. The van der Waals surface area contributed by atoms with Gasteiger partial charge in [-0.1, -0.05) is 19.9 Å². The Morgan fingerprint density at radius 3 is 2.65 bits per heavy atom. The van der Waals surface area contributed by atoms with Crippen LogP contribution in [0.15, 0.2) is 18.2 Å². The van der Waals surface area contributed by atoms with Crippen LogP contribution in [0.5, 0.6) is 5.75 Å². The molecule has 0 aliphatic heterocycles. The van der Waals surface area contributed by atoms with Crippen LogP contribution in [0.25, 0.3) is 0 Å².